The lowest BCUT2D eigenvalue weighted by Gasteiger charge is -2.28. The van der Waals surface area contributed by atoms with Gasteiger partial charge in [-0.1, -0.05) is 0 Å². The van der Waals surface area contributed by atoms with E-state index >= 15 is 0 Å². The molecule has 112 valence electrons. The molecule has 0 heterocycles. The van der Waals surface area contributed by atoms with Crippen LogP contribution in [0.5, 0.6) is 5.75 Å². The quantitative estimate of drug-likeness (QED) is 0.794. The lowest BCUT2D eigenvalue weighted by Crippen LogP contribution is -3.16. The molecule has 0 saturated heterocycles. The maximum Gasteiger partial charge on any atom is 0.344 e. The number of quaternary nitrogens is 1. The molecule has 0 saturated carbocycles. The molecule has 0 aromatic heterocycles. The van der Waals surface area contributed by atoms with Gasteiger partial charge in [0.1, 0.15) is 24.7 Å². The van der Waals surface area contributed by atoms with Gasteiger partial charge in [-0.2, -0.15) is 0 Å². The van der Waals surface area contributed by atoms with Crippen molar-refractivity contribution < 1.29 is 23.6 Å². The van der Waals surface area contributed by atoms with E-state index < -0.39 is 5.97 Å². The second-order valence-corrected chi connectivity index (χ2v) is 5.74. The number of likely N-dealkylation sites (N-methyl/N-ethyl adjacent to an activating group) is 1. The van der Waals surface area contributed by atoms with Crippen molar-refractivity contribution in [1.82, 2.24) is 0 Å². The molecule has 5 heteroatoms. The van der Waals surface area contributed by atoms with Gasteiger partial charge >= 0.3 is 5.97 Å². The zero-order valence-corrected chi connectivity index (χ0v) is 12.5. The van der Waals surface area contributed by atoms with Crippen LogP contribution in [0.3, 0.4) is 0 Å². The number of hydrogen-bond donors (Lipinski definition) is 1. The van der Waals surface area contributed by atoms with Gasteiger partial charge in [-0.25, -0.2) is 9.18 Å². The van der Waals surface area contributed by atoms with Gasteiger partial charge in [0.15, 0.2) is 6.61 Å². The summed E-state index contributed by atoms with van der Waals surface area (Å²) in [4.78, 5) is 12.8. The Morgan fingerprint density at radius 3 is 2.40 bits per heavy atom. The minimum Gasteiger partial charge on any atom is -0.482 e. The number of carbonyl (C=O) groups is 1. The first-order valence-electron chi connectivity index (χ1n) is 6.66. The predicted molar refractivity (Wildman–Crippen MR) is 74.4 cm³/mol. The molecule has 4 nitrogen and oxygen atoms in total. The smallest absolute Gasteiger partial charge is 0.344 e. The Morgan fingerprint density at radius 1 is 1.25 bits per heavy atom. The topological polar surface area (TPSA) is 40.0 Å². The number of hydrogen-bond acceptors (Lipinski definition) is 3. The van der Waals surface area contributed by atoms with Gasteiger partial charge in [0.2, 0.25) is 0 Å². The van der Waals surface area contributed by atoms with Gasteiger partial charge in [0.25, 0.3) is 0 Å². The summed E-state index contributed by atoms with van der Waals surface area (Å²) in [5.41, 5.74) is 0.122. The van der Waals surface area contributed by atoms with Gasteiger partial charge in [-0.15, -0.1) is 0 Å². The molecule has 20 heavy (non-hydrogen) atoms. The molecular weight excluding hydrogens is 261 g/mol. The van der Waals surface area contributed by atoms with Crippen LogP contribution in [0.15, 0.2) is 24.3 Å². The molecule has 1 rings (SSSR count). The van der Waals surface area contributed by atoms with Crippen LogP contribution in [-0.2, 0) is 9.53 Å². The molecule has 1 atom stereocenters. The van der Waals surface area contributed by atoms with Crippen LogP contribution >= 0.6 is 0 Å². The largest absolute Gasteiger partial charge is 0.482 e. The number of nitrogens with one attached hydrogen (secondary N) is 1. The van der Waals surface area contributed by atoms with Gasteiger partial charge < -0.3 is 14.4 Å². The third kappa shape index (κ3) is 6.02. The van der Waals surface area contributed by atoms with Crippen molar-refractivity contribution in [3.8, 4) is 5.75 Å². The Morgan fingerprint density at radius 2 is 1.85 bits per heavy atom. The molecular formula is C15H23FNO3+. The molecule has 0 radical (unpaired) electrons. The van der Waals surface area contributed by atoms with Crippen molar-refractivity contribution in [2.75, 3.05) is 26.8 Å². The first-order valence-corrected chi connectivity index (χ1v) is 6.66. The maximum absolute atomic E-state index is 12.7. The molecule has 0 aliphatic heterocycles. The molecule has 0 aliphatic carbocycles. The summed E-state index contributed by atoms with van der Waals surface area (Å²) in [5.74, 6) is -0.315. The maximum atomic E-state index is 12.7. The van der Waals surface area contributed by atoms with Gasteiger partial charge in [-0.3, -0.25) is 0 Å². The van der Waals surface area contributed by atoms with Crippen LogP contribution in [0.4, 0.5) is 4.39 Å². The summed E-state index contributed by atoms with van der Waals surface area (Å²) in [7, 11) is 2.06. The second-order valence-electron chi connectivity index (χ2n) is 5.74. The normalized spacial score (nSPS) is 12.8. The van der Waals surface area contributed by atoms with Crippen molar-refractivity contribution in [3.63, 3.8) is 0 Å². The number of carbonyl (C=O) groups excluding carboxylic acids is 1. The van der Waals surface area contributed by atoms with Crippen LogP contribution in [-0.4, -0.2) is 38.3 Å². The highest BCUT2D eigenvalue weighted by Crippen LogP contribution is 2.10. The van der Waals surface area contributed by atoms with Crippen LogP contribution < -0.4 is 9.64 Å². The average Bonchev–Trinajstić information content (AvgIpc) is 2.37. The zero-order chi connectivity index (χ0) is 15.2. The highest BCUT2D eigenvalue weighted by atomic mass is 19.1. The van der Waals surface area contributed by atoms with E-state index in [-0.39, 0.29) is 18.0 Å². The monoisotopic (exact) mass is 284 g/mol. The molecule has 1 unspecified atom stereocenters. The Balaban J connectivity index is 2.22. The minimum absolute atomic E-state index is 0.122. The van der Waals surface area contributed by atoms with Crippen LogP contribution in [0.25, 0.3) is 0 Å². The van der Waals surface area contributed by atoms with Crippen molar-refractivity contribution in [3.05, 3.63) is 30.1 Å². The van der Waals surface area contributed by atoms with E-state index in [0.29, 0.717) is 12.4 Å². The molecule has 0 amide bonds. The molecule has 1 aromatic carbocycles. The fourth-order valence-electron chi connectivity index (χ4n) is 1.41. The molecule has 1 aromatic rings. The first-order chi connectivity index (χ1) is 9.29. The summed E-state index contributed by atoms with van der Waals surface area (Å²) in [5, 5.41) is 0. The number of halogens is 1. The lowest BCUT2D eigenvalue weighted by atomic mass is 10.1. The predicted octanol–water partition coefficient (Wildman–Crippen LogP) is 1.06. The zero-order valence-electron chi connectivity index (χ0n) is 12.5. The van der Waals surface area contributed by atoms with Crippen LogP contribution in [0.1, 0.15) is 20.8 Å². The van der Waals surface area contributed by atoms with Crippen molar-refractivity contribution in [2.24, 2.45) is 0 Å². The standard InChI is InChI=1S/C15H22FNO3/c1-15(2,3)17(4)9-10-19-14(18)11-20-13-7-5-12(16)6-8-13/h5-8H,9-11H2,1-4H3/p+1. The Kier molecular flexibility index (Phi) is 5.95. The minimum atomic E-state index is -0.420. The summed E-state index contributed by atoms with van der Waals surface area (Å²) in [6.07, 6.45) is 0. The number of esters is 1. The average molecular weight is 284 g/mol. The Labute approximate surface area is 119 Å². The summed E-state index contributed by atoms with van der Waals surface area (Å²) in [6.45, 7) is 7.31. The number of ether oxygens (including phenoxy) is 2. The SMILES string of the molecule is C[NH+](CCOC(=O)COc1ccc(F)cc1)C(C)(C)C. The third-order valence-corrected chi connectivity index (χ3v) is 3.19. The van der Waals surface area contributed by atoms with Crippen LogP contribution in [0, 0.1) is 5.82 Å². The van der Waals surface area contributed by atoms with Gasteiger partial charge in [-0.05, 0) is 45.0 Å². The lowest BCUT2D eigenvalue weighted by molar-refractivity contribution is -0.927. The molecule has 0 spiro atoms. The van der Waals surface area contributed by atoms with Crippen molar-refractivity contribution >= 4 is 5.97 Å². The fourth-order valence-corrected chi connectivity index (χ4v) is 1.41. The van der Waals surface area contributed by atoms with E-state index in [1.807, 2.05) is 0 Å². The fraction of sp³-hybridized carbons (Fsp3) is 0.533. The van der Waals surface area contributed by atoms with Gasteiger partial charge in [0.05, 0.1) is 12.6 Å². The van der Waals surface area contributed by atoms with Crippen molar-refractivity contribution in [2.45, 2.75) is 26.3 Å². The van der Waals surface area contributed by atoms with Crippen molar-refractivity contribution in [1.29, 1.82) is 0 Å². The molecule has 1 N–H and O–H groups in total. The third-order valence-electron chi connectivity index (χ3n) is 3.19. The van der Waals surface area contributed by atoms with Gasteiger partial charge in [0, 0.05) is 0 Å². The van der Waals surface area contributed by atoms with E-state index in [4.69, 9.17) is 9.47 Å². The summed E-state index contributed by atoms with van der Waals surface area (Å²) >= 11 is 0. The second kappa shape index (κ2) is 7.24. The number of benzene rings is 1. The van der Waals surface area contributed by atoms with E-state index in [1.54, 1.807) is 0 Å². The summed E-state index contributed by atoms with van der Waals surface area (Å²) < 4.78 is 23.0. The van der Waals surface area contributed by atoms with E-state index in [0.717, 1.165) is 6.54 Å². The van der Waals surface area contributed by atoms with E-state index in [2.05, 4.69) is 27.8 Å². The highest BCUT2D eigenvalue weighted by Gasteiger charge is 2.20. The molecule has 0 aliphatic rings. The molecule has 0 fully saturated rings. The molecule has 0 bridgehead atoms. The summed E-state index contributed by atoms with van der Waals surface area (Å²) in [6, 6.07) is 5.50. The number of rotatable bonds is 6. The van der Waals surface area contributed by atoms with E-state index in [9.17, 15) is 9.18 Å². The van der Waals surface area contributed by atoms with Crippen LogP contribution in [0.2, 0.25) is 0 Å². The van der Waals surface area contributed by atoms with E-state index in [1.165, 1.54) is 29.2 Å². The Hall–Kier alpha value is -1.62. The first kappa shape index (κ1) is 16.4. The highest BCUT2D eigenvalue weighted by molar-refractivity contribution is 5.71. The Bertz CT molecular complexity index is 426.